The Hall–Kier alpha value is -1.25. The van der Waals surface area contributed by atoms with Gasteiger partial charge in [0.2, 0.25) is 0 Å². The molecule has 6 nitrogen and oxygen atoms in total. The van der Waals surface area contributed by atoms with Crippen molar-refractivity contribution in [3.63, 3.8) is 0 Å². The van der Waals surface area contributed by atoms with Crippen molar-refractivity contribution in [2.24, 2.45) is 5.14 Å². The molecule has 0 spiro atoms. The van der Waals surface area contributed by atoms with E-state index in [2.05, 4.69) is 26.1 Å². The highest BCUT2D eigenvalue weighted by molar-refractivity contribution is 9.10. The van der Waals surface area contributed by atoms with Gasteiger partial charge in [-0.05, 0) is 31.5 Å². The van der Waals surface area contributed by atoms with Gasteiger partial charge >= 0.3 is 0 Å². The summed E-state index contributed by atoms with van der Waals surface area (Å²) in [5.41, 5.74) is 1.82. The second-order valence-corrected chi connectivity index (χ2v) is 6.37. The fourth-order valence-electron chi connectivity index (χ4n) is 1.78. The molecule has 0 aliphatic heterocycles. The molecule has 0 amide bonds. The minimum Gasteiger partial charge on any atom is -0.297 e. The van der Waals surface area contributed by atoms with E-state index in [-0.39, 0.29) is 5.16 Å². The molecule has 0 radical (unpaired) electrons. The molecule has 0 saturated carbocycles. The molecule has 0 aliphatic rings. The number of primary sulfonamides is 1. The third-order valence-electron chi connectivity index (χ3n) is 2.70. The van der Waals surface area contributed by atoms with Crippen molar-refractivity contribution >= 4 is 26.0 Å². The van der Waals surface area contributed by atoms with E-state index >= 15 is 0 Å². The van der Waals surface area contributed by atoms with Crippen LogP contribution in [0.4, 0.5) is 0 Å². The molecular weight excluding hydrogens is 332 g/mol. The summed E-state index contributed by atoms with van der Waals surface area (Å²) in [6.45, 7) is 4.18. The number of sulfonamides is 1. The van der Waals surface area contributed by atoms with E-state index in [0.717, 1.165) is 15.6 Å². The maximum atomic E-state index is 11.4. The lowest BCUT2D eigenvalue weighted by Crippen LogP contribution is -2.18. The monoisotopic (exact) mass is 344 g/mol. The molecule has 0 fully saturated rings. The average molecular weight is 345 g/mol. The third kappa shape index (κ3) is 2.70. The second-order valence-electron chi connectivity index (χ2n) is 4.06. The number of nitrogens with two attached hydrogens (primary N) is 1. The first kappa shape index (κ1) is 14.2. The van der Waals surface area contributed by atoms with Gasteiger partial charge in [0.15, 0.2) is 5.82 Å². The highest BCUT2D eigenvalue weighted by Crippen LogP contribution is 2.25. The zero-order valence-electron chi connectivity index (χ0n) is 10.5. The van der Waals surface area contributed by atoms with Gasteiger partial charge in [0.1, 0.15) is 0 Å². The Morgan fingerprint density at radius 3 is 2.58 bits per heavy atom. The van der Waals surface area contributed by atoms with Crippen molar-refractivity contribution in [2.45, 2.75) is 25.5 Å². The summed E-state index contributed by atoms with van der Waals surface area (Å²) >= 11 is 3.42. The summed E-state index contributed by atoms with van der Waals surface area (Å²) in [5, 5.41) is 12.5. The molecular formula is C11H13BrN4O2S. The van der Waals surface area contributed by atoms with E-state index in [4.69, 9.17) is 5.14 Å². The third-order valence-corrected chi connectivity index (χ3v) is 4.40. The molecule has 0 atom stereocenters. The van der Waals surface area contributed by atoms with Gasteiger partial charge < -0.3 is 0 Å². The van der Waals surface area contributed by atoms with Gasteiger partial charge in [0, 0.05) is 16.6 Å². The molecule has 1 heterocycles. The summed E-state index contributed by atoms with van der Waals surface area (Å²) in [6.07, 6.45) is 0. The van der Waals surface area contributed by atoms with Crippen LogP contribution in [0.15, 0.2) is 27.8 Å². The molecule has 19 heavy (non-hydrogen) atoms. The van der Waals surface area contributed by atoms with E-state index in [1.807, 2.05) is 32.0 Å². The Morgan fingerprint density at radius 2 is 2.05 bits per heavy atom. The first-order chi connectivity index (χ1) is 8.84. The van der Waals surface area contributed by atoms with Crippen LogP contribution in [0.1, 0.15) is 12.5 Å². The molecule has 0 unspecified atom stereocenters. The fraction of sp³-hybridized carbons (Fsp3) is 0.273. The van der Waals surface area contributed by atoms with Crippen LogP contribution in [-0.2, 0) is 16.6 Å². The lowest BCUT2D eigenvalue weighted by Gasteiger charge is -2.07. The molecule has 0 bridgehead atoms. The number of aryl methyl sites for hydroxylation is 1. The largest absolute Gasteiger partial charge is 0.297 e. The van der Waals surface area contributed by atoms with Crippen molar-refractivity contribution in [1.82, 2.24) is 14.8 Å². The van der Waals surface area contributed by atoms with Gasteiger partial charge in [0.05, 0.1) is 0 Å². The van der Waals surface area contributed by atoms with Crippen LogP contribution in [0.2, 0.25) is 0 Å². The predicted molar refractivity (Wildman–Crippen MR) is 74.9 cm³/mol. The van der Waals surface area contributed by atoms with Crippen LogP contribution < -0.4 is 5.14 Å². The lowest BCUT2D eigenvalue weighted by molar-refractivity contribution is 0.571. The molecule has 2 N–H and O–H groups in total. The number of nitrogens with zero attached hydrogens (tertiary/aromatic N) is 3. The molecule has 2 aromatic rings. The van der Waals surface area contributed by atoms with Crippen molar-refractivity contribution in [3.8, 4) is 11.4 Å². The van der Waals surface area contributed by atoms with E-state index in [1.165, 1.54) is 4.57 Å². The minimum absolute atomic E-state index is 0.217. The van der Waals surface area contributed by atoms with E-state index < -0.39 is 10.0 Å². The van der Waals surface area contributed by atoms with Crippen molar-refractivity contribution in [3.05, 3.63) is 28.2 Å². The zero-order chi connectivity index (χ0) is 14.2. The van der Waals surface area contributed by atoms with Crippen molar-refractivity contribution < 1.29 is 8.42 Å². The molecule has 8 heteroatoms. The maximum Gasteiger partial charge on any atom is 0.273 e. The first-order valence-electron chi connectivity index (χ1n) is 5.57. The van der Waals surface area contributed by atoms with Crippen LogP contribution in [0, 0.1) is 6.92 Å². The lowest BCUT2D eigenvalue weighted by atomic mass is 10.1. The molecule has 0 saturated heterocycles. The van der Waals surface area contributed by atoms with Gasteiger partial charge in [-0.1, -0.05) is 22.0 Å². The average Bonchev–Trinajstić information content (AvgIpc) is 2.76. The van der Waals surface area contributed by atoms with E-state index in [1.54, 1.807) is 0 Å². The second kappa shape index (κ2) is 5.03. The first-order valence-corrected chi connectivity index (χ1v) is 7.91. The Labute approximate surface area is 119 Å². The normalized spacial score (nSPS) is 11.8. The van der Waals surface area contributed by atoms with Gasteiger partial charge in [-0.15, -0.1) is 10.2 Å². The van der Waals surface area contributed by atoms with Gasteiger partial charge in [-0.2, -0.15) is 0 Å². The van der Waals surface area contributed by atoms with E-state index in [0.29, 0.717) is 12.4 Å². The van der Waals surface area contributed by atoms with Gasteiger partial charge in [-0.25, -0.2) is 13.6 Å². The Kier molecular flexibility index (Phi) is 3.75. The minimum atomic E-state index is -3.87. The maximum absolute atomic E-state index is 11.4. The highest BCUT2D eigenvalue weighted by Gasteiger charge is 2.21. The zero-order valence-corrected chi connectivity index (χ0v) is 12.9. The van der Waals surface area contributed by atoms with Crippen LogP contribution in [-0.4, -0.2) is 23.2 Å². The summed E-state index contributed by atoms with van der Waals surface area (Å²) < 4.78 is 25.3. The number of hydrogen-bond donors (Lipinski definition) is 1. The Morgan fingerprint density at radius 1 is 1.37 bits per heavy atom. The predicted octanol–water partition coefficient (Wildman–Crippen LogP) is 1.68. The van der Waals surface area contributed by atoms with Crippen LogP contribution in [0.5, 0.6) is 0 Å². The Bertz CT molecular complexity index is 724. The number of benzene rings is 1. The molecule has 1 aromatic carbocycles. The van der Waals surface area contributed by atoms with E-state index in [9.17, 15) is 8.42 Å². The summed E-state index contributed by atoms with van der Waals surface area (Å²) in [7, 11) is -3.87. The molecule has 2 rings (SSSR count). The highest BCUT2D eigenvalue weighted by atomic mass is 79.9. The molecule has 0 aliphatic carbocycles. The summed E-state index contributed by atoms with van der Waals surface area (Å²) in [5.74, 6) is 0.488. The summed E-state index contributed by atoms with van der Waals surface area (Å²) in [6, 6.07) is 5.64. The topological polar surface area (TPSA) is 90.9 Å². The number of rotatable bonds is 3. The van der Waals surface area contributed by atoms with Gasteiger partial charge in [-0.3, -0.25) is 4.57 Å². The Balaban J connectivity index is 2.63. The van der Waals surface area contributed by atoms with Crippen LogP contribution in [0.25, 0.3) is 11.4 Å². The summed E-state index contributed by atoms with van der Waals surface area (Å²) in [4.78, 5) is 0. The SMILES string of the molecule is CCn1c(-c2ccc(Br)c(C)c2)nnc1S(N)(=O)=O. The van der Waals surface area contributed by atoms with Crippen molar-refractivity contribution in [1.29, 1.82) is 0 Å². The van der Waals surface area contributed by atoms with Crippen LogP contribution in [0.3, 0.4) is 0 Å². The standard InChI is InChI=1S/C11H13BrN4O2S/c1-3-16-10(14-15-11(16)19(13,17)18)8-4-5-9(12)7(2)6-8/h4-6H,3H2,1-2H3,(H2,13,17,18). The van der Waals surface area contributed by atoms with Crippen molar-refractivity contribution in [2.75, 3.05) is 0 Å². The molecule has 1 aromatic heterocycles. The smallest absolute Gasteiger partial charge is 0.273 e. The number of halogens is 1. The van der Waals surface area contributed by atoms with Gasteiger partial charge in [0.25, 0.3) is 15.2 Å². The van der Waals surface area contributed by atoms with Crippen LogP contribution >= 0.6 is 15.9 Å². The molecule has 102 valence electrons. The number of aromatic nitrogens is 3. The fourth-order valence-corrected chi connectivity index (χ4v) is 2.71. The quantitative estimate of drug-likeness (QED) is 0.916. The number of hydrogen-bond acceptors (Lipinski definition) is 4.